The zero-order valence-corrected chi connectivity index (χ0v) is 14.8. The lowest BCUT2D eigenvalue weighted by Crippen LogP contribution is -2.21. The molecule has 0 fully saturated rings. The van der Waals surface area contributed by atoms with Crippen molar-refractivity contribution in [1.82, 2.24) is 5.32 Å². The summed E-state index contributed by atoms with van der Waals surface area (Å²) in [5, 5.41) is 21.9. The topological polar surface area (TPSA) is 52.5 Å². The van der Waals surface area contributed by atoms with Crippen molar-refractivity contribution >= 4 is 10.8 Å². The largest absolute Gasteiger partial charge is 0.395 e. The first kappa shape index (κ1) is 19.6. The van der Waals surface area contributed by atoms with Gasteiger partial charge in [0.15, 0.2) is 0 Å². The van der Waals surface area contributed by atoms with Crippen LogP contribution >= 0.6 is 0 Å². The molecule has 128 valence electrons. The number of hydrogen-bond donors (Lipinski definition) is 3. The van der Waals surface area contributed by atoms with Crippen molar-refractivity contribution in [2.45, 2.75) is 39.5 Å². The average molecular weight is 317 g/mol. The molecule has 0 heterocycles. The molecule has 0 saturated heterocycles. The smallest absolute Gasteiger partial charge is 0.0555 e. The molecule has 0 aliphatic heterocycles. The first-order valence-electron chi connectivity index (χ1n) is 8.46. The summed E-state index contributed by atoms with van der Waals surface area (Å²) >= 11 is 0. The Morgan fingerprint density at radius 3 is 1.96 bits per heavy atom. The summed E-state index contributed by atoms with van der Waals surface area (Å²) in [6, 6.07) is 13.2. The van der Waals surface area contributed by atoms with Crippen LogP contribution in [0.25, 0.3) is 10.8 Å². The van der Waals surface area contributed by atoms with Crippen molar-refractivity contribution in [3.8, 4) is 0 Å². The maximum atomic E-state index is 8.15. The molecular weight excluding hydrogens is 286 g/mol. The molecule has 0 amide bonds. The standard InChI is InChI=1S/C16H20.C4H11NO2/c1-11(2)14-10-9-13-7-5-6-8-15(13)16(14)12(3)4;6-3-1-5-2-4-7/h5-12H,1-4H3;5-7H,1-4H2. The van der Waals surface area contributed by atoms with E-state index in [2.05, 4.69) is 69.4 Å². The van der Waals surface area contributed by atoms with E-state index in [1.54, 1.807) is 0 Å². The van der Waals surface area contributed by atoms with Gasteiger partial charge >= 0.3 is 0 Å². The van der Waals surface area contributed by atoms with E-state index in [0.29, 0.717) is 24.9 Å². The molecule has 3 heteroatoms. The monoisotopic (exact) mass is 317 g/mol. The number of aliphatic hydroxyl groups is 2. The Labute approximate surface area is 140 Å². The van der Waals surface area contributed by atoms with Crippen LogP contribution in [0.5, 0.6) is 0 Å². The first-order valence-corrected chi connectivity index (χ1v) is 8.46. The third kappa shape index (κ3) is 5.94. The highest BCUT2D eigenvalue weighted by molar-refractivity contribution is 5.87. The summed E-state index contributed by atoms with van der Waals surface area (Å²) < 4.78 is 0. The zero-order chi connectivity index (χ0) is 17.2. The fraction of sp³-hybridized carbons (Fsp3) is 0.500. The Bertz CT molecular complexity index is 575. The molecule has 2 aromatic carbocycles. The van der Waals surface area contributed by atoms with Gasteiger partial charge in [0, 0.05) is 13.1 Å². The van der Waals surface area contributed by atoms with Crippen LogP contribution in [-0.4, -0.2) is 36.5 Å². The van der Waals surface area contributed by atoms with Gasteiger partial charge in [0.2, 0.25) is 0 Å². The quantitative estimate of drug-likeness (QED) is 0.713. The first-order chi connectivity index (χ1) is 11.0. The molecule has 2 aromatic rings. The molecule has 0 aliphatic rings. The minimum absolute atomic E-state index is 0.139. The van der Waals surface area contributed by atoms with Crippen molar-refractivity contribution in [2.24, 2.45) is 0 Å². The van der Waals surface area contributed by atoms with Gasteiger partial charge in [-0.2, -0.15) is 0 Å². The van der Waals surface area contributed by atoms with Crippen LogP contribution in [0.2, 0.25) is 0 Å². The molecular formula is C20H31NO2. The van der Waals surface area contributed by atoms with Crippen molar-refractivity contribution in [2.75, 3.05) is 26.3 Å². The predicted octanol–water partition coefficient (Wildman–Crippen LogP) is 3.65. The predicted molar refractivity (Wildman–Crippen MR) is 99.2 cm³/mol. The highest BCUT2D eigenvalue weighted by Gasteiger charge is 2.12. The summed E-state index contributed by atoms with van der Waals surface area (Å²) in [5.41, 5.74) is 3.02. The number of benzene rings is 2. The average Bonchev–Trinajstić information content (AvgIpc) is 2.54. The van der Waals surface area contributed by atoms with Crippen LogP contribution in [0.15, 0.2) is 36.4 Å². The molecule has 0 atom stereocenters. The molecule has 3 nitrogen and oxygen atoms in total. The molecule has 0 bridgehead atoms. The maximum absolute atomic E-state index is 8.15. The van der Waals surface area contributed by atoms with Gasteiger partial charge in [0.25, 0.3) is 0 Å². The molecule has 0 aromatic heterocycles. The second-order valence-electron chi connectivity index (χ2n) is 6.30. The van der Waals surface area contributed by atoms with E-state index in [0.717, 1.165) is 0 Å². The summed E-state index contributed by atoms with van der Waals surface area (Å²) in [5.74, 6) is 1.19. The van der Waals surface area contributed by atoms with Crippen LogP contribution in [0, 0.1) is 0 Å². The summed E-state index contributed by atoms with van der Waals surface area (Å²) in [4.78, 5) is 0. The van der Waals surface area contributed by atoms with Crippen LogP contribution in [-0.2, 0) is 0 Å². The third-order valence-electron chi connectivity index (χ3n) is 3.78. The van der Waals surface area contributed by atoms with Gasteiger partial charge in [-0.05, 0) is 33.7 Å². The van der Waals surface area contributed by atoms with Gasteiger partial charge in [0.1, 0.15) is 0 Å². The van der Waals surface area contributed by atoms with Crippen LogP contribution < -0.4 is 5.32 Å². The van der Waals surface area contributed by atoms with Crippen LogP contribution in [0.3, 0.4) is 0 Å². The maximum Gasteiger partial charge on any atom is 0.0555 e. The van der Waals surface area contributed by atoms with Crippen molar-refractivity contribution < 1.29 is 10.2 Å². The van der Waals surface area contributed by atoms with E-state index in [1.807, 2.05) is 0 Å². The number of aliphatic hydroxyl groups excluding tert-OH is 2. The zero-order valence-electron chi connectivity index (χ0n) is 14.8. The second kappa shape index (κ2) is 10.4. The van der Waals surface area contributed by atoms with Crippen LogP contribution in [0.1, 0.15) is 50.7 Å². The van der Waals surface area contributed by atoms with Gasteiger partial charge in [0.05, 0.1) is 13.2 Å². The van der Waals surface area contributed by atoms with E-state index >= 15 is 0 Å². The summed E-state index contributed by atoms with van der Waals surface area (Å²) in [6.45, 7) is 10.5. The Morgan fingerprint density at radius 1 is 0.826 bits per heavy atom. The summed E-state index contributed by atoms with van der Waals surface area (Å²) in [6.07, 6.45) is 0. The molecule has 0 radical (unpaired) electrons. The molecule has 23 heavy (non-hydrogen) atoms. The van der Waals surface area contributed by atoms with Gasteiger partial charge in [-0.1, -0.05) is 64.1 Å². The number of nitrogens with one attached hydrogen (secondary N) is 1. The number of fused-ring (bicyclic) bond motifs is 1. The minimum Gasteiger partial charge on any atom is -0.395 e. The Balaban J connectivity index is 0.000000322. The highest BCUT2D eigenvalue weighted by atomic mass is 16.3. The Morgan fingerprint density at radius 2 is 1.43 bits per heavy atom. The normalized spacial score (nSPS) is 11.0. The number of hydrogen-bond acceptors (Lipinski definition) is 3. The van der Waals surface area contributed by atoms with E-state index in [1.165, 1.54) is 21.9 Å². The molecule has 0 saturated carbocycles. The van der Waals surface area contributed by atoms with Gasteiger partial charge in [-0.25, -0.2) is 0 Å². The second-order valence-corrected chi connectivity index (χ2v) is 6.30. The van der Waals surface area contributed by atoms with E-state index in [4.69, 9.17) is 10.2 Å². The van der Waals surface area contributed by atoms with E-state index in [-0.39, 0.29) is 13.2 Å². The fourth-order valence-corrected chi connectivity index (χ4v) is 2.74. The van der Waals surface area contributed by atoms with E-state index in [9.17, 15) is 0 Å². The van der Waals surface area contributed by atoms with Gasteiger partial charge in [-0.15, -0.1) is 0 Å². The third-order valence-corrected chi connectivity index (χ3v) is 3.78. The molecule has 3 N–H and O–H groups in total. The lowest BCUT2D eigenvalue weighted by molar-refractivity contribution is 0.267. The highest BCUT2D eigenvalue weighted by Crippen LogP contribution is 2.32. The Hall–Kier alpha value is -1.42. The molecule has 0 spiro atoms. The minimum atomic E-state index is 0.139. The number of rotatable bonds is 6. The summed E-state index contributed by atoms with van der Waals surface area (Å²) in [7, 11) is 0. The SMILES string of the molecule is CC(C)c1ccc2ccccc2c1C(C)C.OCCNCCO. The van der Waals surface area contributed by atoms with Crippen LogP contribution in [0.4, 0.5) is 0 Å². The lowest BCUT2D eigenvalue weighted by Gasteiger charge is -2.18. The van der Waals surface area contributed by atoms with Gasteiger partial charge in [-0.3, -0.25) is 0 Å². The lowest BCUT2D eigenvalue weighted by atomic mass is 9.86. The molecule has 0 aliphatic carbocycles. The van der Waals surface area contributed by atoms with Crippen molar-refractivity contribution in [3.63, 3.8) is 0 Å². The fourth-order valence-electron chi connectivity index (χ4n) is 2.74. The van der Waals surface area contributed by atoms with Crippen molar-refractivity contribution in [1.29, 1.82) is 0 Å². The van der Waals surface area contributed by atoms with Crippen molar-refractivity contribution in [3.05, 3.63) is 47.5 Å². The van der Waals surface area contributed by atoms with E-state index < -0.39 is 0 Å². The molecule has 2 rings (SSSR count). The molecule has 0 unspecified atom stereocenters. The van der Waals surface area contributed by atoms with Gasteiger partial charge < -0.3 is 15.5 Å². The Kier molecular flexibility index (Phi) is 8.85.